The molecule has 0 aromatic heterocycles. The maximum absolute atomic E-state index is 8.66. The second kappa shape index (κ2) is 4.49. The molecule has 0 saturated carbocycles. The van der Waals surface area contributed by atoms with Gasteiger partial charge in [-0.15, -0.1) is 0 Å². The Balaban J connectivity index is 2.92. The molecule has 0 heterocycles. The molecular formula is C10H14ClNO. The normalized spacial score (nSPS) is 10.2. The fourth-order valence-electron chi connectivity index (χ4n) is 1.32. The van der Waals surface area contributed by atoms with Gasteiger partial charge in [-0.3, -0.25) is 0 Å². The number of benzene rings is 1. The molecule has 0 aliphatic heterocycles. The number of nitrogens with one attached hydrogen (secondary N) is 1. The molecule has 0 saturated heterocycles. The maximum atomic E-state index is 8.66. The van der Waals surface area contributed by atoms with Crippen molar-refractivity contribution in [3.05, 3.63) is 28.3 Å². The zero-order chi connectivity index (χ0) is 9.84. The number of anilines is 1. The van der Waals surface area contributed by atoms with Gasteiger partial charge in [0, 0.05) is 6.54 Å². The van der Waals surface area contributed by atoms with Crippen molar-refractivity contribution in [1.82, 2.24) is 0 Å². The van der Waals surface area contributed by atoms with Gasteiger partial charge in [0.05, 0.1) is 17.3 Å². The van der Waals surface area contributed by atoms with Crippen LogP contribution >= 0.6 is 11.6 Å². The van der Waals surface area contributed by atoms with Crippen LogP contribution in [0.5, 0.6) is 0 Å². The average molecular weight is 200 g/mol. The van der Waals surface area contributed by atoms with Crippen molar-refractivity contribution in [2.45, 2.75) is 13.8 Å². The molecule has 0 spiro atoms. The second-order valence-electron chi connectivity index (χ2n) is 3.09. The summed E-state index contributed by atoms with van der Waals surface area (Å²) < 4.78 is 0. The SMILES string of the molecule is Cc1cc(C)c(NCCO)c(Cl)c1. The topological polar surface area (TPSA) is 32.3 Å². The van der Waals surface area contributed by atoms with E-state index in [4.69, 9.17) is 16.7 Å². The number of aliphatic hydroxyl groups excluding tert-OH is 1. The second-order valence-corrected chi connectivity index (χ2v) is 3.50. The molecule has 2 N–H and O–H groups in total. The lowest BCUT2D eigenvalue weighted by Crippen LogP contribution is -2.07. The quantitative estimate of drug-likeness (QED) is 0.784. The van der Waals surface area contributed by atoms with E-state index in [0.717, 1.165) is 16.8 Å². The summed E-state index contributed by atoms with van der Waals surface area (Å²) in [5, 5.41) is 12.4. The molecule has 0 bridgehead atoms. The molecule has 0 radical (unpaired) electrons. The maximum Gasteiger partial charge on any atom is 0.0642 e. The monoisotopic (exact) mass is 199 g/mol. The molecule has 0 atom stereocenters. The Morgan fingerprint density at radius 1 is 1.38 bits per heavy atom. The summed E-state index contributed by atoms with van der Waals surface area (Å²) in [5.74, 6) is 0. The molecule has 13 heavy (non-hydrogen) atoms. The molecule has 1 aromatic rings. The summed E-state index contributed by atoms with van der Waals surface area (Å²) in [5.41, 5.74) is 3.18. The Hall–Kier alpha value is -0.730. The lowest BCUT2D eigenvalue weighted by Gasteiger charge is -2.11. The van der Waals surface area contributed by atoms with Crippen LogP contribution in [0.3, 0.4) is 0 Å². The average Bonchev–Trinajstić information content (AvgIpc) is 2.02. The Morgan fingerprint density at radius 2 is 2.08 bits per heavy atom. The summed E-state index contributed by atoms with van der Waals surface area (Å²) >= 11 is 6.03. The smallest absolute Gasteiger partial charge is 0.0642 e. The van der Waals surface area contributed by atoms with Crippen LogP contribution < -0.4 is 5.32 Å². The van der Waals surface area contributed by atoms with Crippen molar-refractivity contribution in [2.24, 2.45) is 0 Å². The van der Waals surface area contributed by atoms with E-state index >= 15 is 0 Å². The van der Waals surface area contributed by atoms with Crippen molar-refractivity contribution in [3.8, 4) is 0 Å². The van der Waals surface area contributed by atoms with Gasteiger partial charge in [-0.1, -0.05) is 17.7 Å². The number of hydrogen-bond donors (Lipinski definition) is 2. The van der Waals surface area contributed by atoms with Crippen LogP contribution in [-0.4, -0.2) is 18.3 Å². The van der Waals surface area contributed by atoms with Crippen LogP contribution in [0.4, 0.5) is 5.69 Å². The lowest BCUT2D eigenvalue weighted by atomic mass is 10.1. The third-order valence-electron chi connectivity index (χ3n) is 1.85. The largest absolute Gasteiger partial charge is 0.395 e. The Labute approximate surface area is 83.5 Å². The standard InChI is InChI=1S/C10H14ClNO/c1-7-5-8(2)10(9(11)6-7)12-3-4-13/h5-6,12-13H,3-4H2,1-2H3. The molecule has 1 aromatic carbocycles. The Kier molecular flexibility index (Phi) is 3.58. The zero-order valence-electron chi connectivity index (χ0n) is 7.89. The first kappa shape index (κ1) is 10.4. The summed E-state index contributed by atoms with van der Waals surface area (Å²) in [6, 6.07) is 3.97. The zero-order valence-corrected chi connectivity index (χ0v) is 8.65. The van der Waals surface area contributed by atoms with Crippen molar-refractivity contribution in [1.29, 1.82) is 0 Å². The fourth-order valence-corrected chi connectivity index (χ4v) is 1.71. The predicted molar refractivity (Wildman–Crippen MR) is 56.5 cm³/mol. The predicted octanol–water partition coefficient (Wildman–Crippen LogP) is 2.36. The van der Waals surface area contributed by atoms with Gasteiger partial charge >= 0.3 is 0 Å². The van der Waals surface area contributed by atoms with E-state index in [1.165, 1.54) is 0 Å². The number of rotatable bonds is 3. The van der Waals surface area contributed by atoms with Gasteiger partial charge in [-0.05, 0) is 31.0 Å². The molecule has 0 aliphatic carbocycles. The number of hydrogen-bond acceptors (Lipinski definition) is 2. The van der Waals surface area contributed by atoms with E-state index in [2.05, 4.69) is 11.4 Å². The molecule has 0 aliphatic rings. The van der Waals surface area contributed by atoms with E-state index in [9.17, 15) is 0 Å². The minimum absolute atomic E-state index is 0.115. The lowest BCUT2D eigenvalue weighted by molar-refractivity contribution is 0.311. The van der Waals surface area contributed by atoms with Crippen LogP contribution in [0.25, 0.3) is 0 Å². The molecule has 0 amide bonds. The van der Waals surface area contributed by atoms with Gasteiger partial charge < -0.3 is 10.4 Å². The van der Waals surface area contributed by atoms with Gasteiger partial charge in [0.15, 0.2) is 0 Å². The van der Waals surface area contributed by atoms with Crippen molar-refractivity contribution >= 4 is 17.3 Å². The molecular weight excluding hydrogens is 186 g/mol. The third-order valence-corrected chi connectivity index (χ3v) is 2.14. The van der Waals surface area contributed by atoms with Gasteiger partial charge in [-0.25, -0.2) is 0 Å². The van der Waals surface area contributed by atoms with E-state index in [1.54, 1.807) is 0 Å². The number of halogens is 1. The number of aliphatic hydroxyl groups is 1. The van der Waals surface area contributed by atoms with Crippen molar-refractivity contribution in [2.75, 3.05) is 18.5 Å². The van der Waals surface area contributed by atoms with Crippen LogP contribution in [0.2, 0.25) is 5.02 Å². The fraction of sp³-hybridized carbons (Fsp3) is 0.400. The van der Waals surface area contributed by atoms with Crippen LogP contribution in [0.15, 0.2) is 12.1 Å². The summed E-state index contributed by atoms with van der Waals surface area (Å²) in [6.45, 7) is 4.65. The molecule has 0 unspecified atom stereocenters. The highest BCUT2D eigenvalue weighted by Gasteiger charge is 2.03. The Morgan fingerprint density at radius 3 is 2.62 bits per heavy atom. The summed E-state index contributed by atoms with van der Waals surface area (Å²) in [4.78, 5) is 0. The van der Waals surface area contributed by atoms with Crippen molar-refractivity contribution < 1.29 is 5.11 Å². The molecule has 1 rings (SSSR count). The van der Waals surface area contributed by atoms with Crippen LogP contribution in [-0.2, 0) is 0 Å². The third kappa shape index (κ3) is 2.61. The first-order valence-electron chi connectivity index (χ1n) is 4.26. The highest BCUT2D eigenvalue weighted by atomic mass is 35.5. The van der Waals surface area contributed by atoms with Gasteiger partial charge in [0.2, 0.25) is 0 Å². The first-order chi connectivity index (χ1) is 6.15. The summed E-state index contributed by atoms with van der Waals surface area (Å²) in [6.07, 6.45) is 0. The molecule has 72 valence electrons. The van der Waals surface area contributed by atoms with Crippen LogP contribution in [0.1, 0.15) is 11.1 Å². The minimum Gasteiger partial charge on any atom is -0.395 e. The molecule has 3 heteroatoms. The highest BCUT2D eigenvalue weighted by molar-refractivity contribution is 6.33. The van der Waals surface area contributed by atoms with E-state index in [0.29, 0.717) is 11.6 Å². The van der Waals surface area contributed by atoms with E-state index < -0.39 is 0 Å². The van der Waals surface area contributed by atoms with Gasteiger partial charge in [0.25, 0.3) is 0 Å². The first-order valence-corrected chi connectivity index (χ1v) is 4.64. The highest BCUT2D eigenvalue weighted by Crippen LogP contribution is 2.26. The molecule has 2 nitrogen and oxygen atoms in total. The Bertz CT molecular complexity index is 276. The number of aryl methyl sites for hydroxylation is 2. The van der Waals surface area contributed by atoms with Gasteiger partial charge in [0.1, 0.15) is 0 Å². The van der Waals surface area contributed by atoms with E-state index in [1.807, 2.05) is 19.9 Å². The molecule has 0 fully saturated rings. The van der Waals surface area contributed by atoms with Crippen molar-refractivity contribution in [3.63, 3.8) is 0 Å². The minimum atomic E-state index is 0.115. The van der Waals surface area contributed by atoms with Gasteiger partial charge in [-0.2, -0.15) is 0 Å². The van der Waals surface area contributed by atoms with E-state index in [-0.39, 0.29) is 6.61 Å². The summed E-state index contributed by atoms with van der Waals surface area (Å²) in [7, 11) is 0. The van der Waals surface area contributed by atoms with Crippen LogP contribution in [0, 0.1) is 13.8 Å².